The maximum Gasteiger partial charge on any atom is 0.309 e. The molecule has 1 N–H and O–H groups in total. The van der Waals surface area contributed by atoms with E-state index in [2.05, 4.69) is 30.9 Å². The van der Waals surface area contributed by atoms with Crippen molar-refractivity contribution in [2.24, 2.45) is 5.92 Å². The van der Waals surface area contributed by atoms with Crippen LogP contribution in [0.5, 0.6) is 0 Å². The van der Waals surface area contributed by atoms with E-state index in [0.717, 1.165) is 52.6 Å². The second-order valence-corrected chi connectivity index (χ2v) is 10.9. The molecule has 3 atom stereocenters. The van der Waals surface area contributed by atoms with Gasteiger partial charge in [-0.15, -0.1) is 0 Å². The molecule has 6 nitrogen and oxygen atoms in total. The minimum Gasteiger partial charge on any atom is -0.481 e. The van der Waals surface area contributed by atoms with Gasteiger partial charge in [0.1, 0.15) is 5.58 Å². The van der Waals surface area contributed by atoms with Crippen molar-refractivity contribution < 1.29 is 19.1 Å². The number of carbonyl (C=O) groups excluding carboxylic acids is 1. The maximum atomic E-state index is 14.0. The summed E-state index contributed by atoms with van der Waals surface area (Å²) in [6.45, 7) is 7.50. The normalized spacial score (nSPS) is 19.2. The van der Waals surface area contributed by atoms with Gasteiger partial charge in [0, 0.05) is 36.1 Å². The number of benzene rings is 3. The van der Waals surface area contributed by atoms with Gasteiger partial charge in [-0.2, -0.15) is 0 Å². The highest BCUT2D eigenvalue weighted by atomic mass is 16.4. The Labute approximate surface area is 236 Å². The fourth-order valence-electron chi connectivity index (χ4n) is 6.06. The van der Waals surface area contributed by atoms with Crippen molar-refractivity contribution in [3.63, 3.8) is 0 Å². The van der Waals surface area contributed by atoms with Crippen molar-refractivity contribution in [3.8, 4) is 0 Å². The monoisotopic (exact) mass is 538 g/mol. The molecule has 1 aliphatic heterocycles. The van der Waals surface area contributed by atoms with Gasteiger partial charge in [0.05, 0.1) is 18.7 Å². The number of carbonyl (C=O) groups is 2. The van der Waals surface area contributed by atoms with E-state index in [9.17, 15) is 14.7 Å². The van der Waals surface area contributed by atoms with Gasteiger partial charge >= 0.3 is 5.97 Å². The van der Waals surface area contributed by atoms with Crippen LogP contribution in [0.4, 0.5) is 5.69 Å². The molecule has 1 aliphatic rings. The van der Waals surface area contributed by atoms with Crippen LogP contribution in [0.3, 0.4) is 0 Å². The molecule has 1 aromatic heterocycles. The average Bonchev–Trinajstić information content (AvgIpc) is 3.58. The van der Waals surface area contributed by atoms with Crippen molar-refractivity contribution in [3.05, 3.63) is 101 Å². The van der Waals surface area contributed by atoms with Gasteiger partial charge in [-0.05, 0) is 72.4 Å². The molecule has 0 spiro atoms. The van der Waals surface area contributed by atoms with Crippen LogP contribution in [0.2, 0.25) is 0 Å². The molecule has 3 unspecified atom stereocenters. The highest BCUT2D eigenvalue weighted by Crippen LogP contribution is 2.46. The molecular formula is C34H38N2O4. The van der Waals surface area contributed by atoms with Crippen molar-refractivity contribution in [2.45, 2.75) is 52.0 Å². The van der Waals surface area contributed by atoms with Crippen LogP contribution in [-0.2, 0) is 16.0 Å². The van der Waals surface area contributed by atoms with Crippen molar-refractivity contribution >= 4 is 28.5 Å². The SMILES string of the molecule is CCCCN(C(=O)CN1CC(c2ccc3occc3c2)C(C(=O)O)C1c1ccc(CC)cc1)c1cccc(C)c1. The van der Waals surface area contributed by atoms with Gasteiger partial charge in [0.2, 0.25) is 5.91 Å². The summed E-state index contributed by atoms with van der Waals surface area (Å²) in [6.07, 6.45) is 4.43. The Morgan fingerprint density at radius 1 is 1.00 bits per heavy atom. The molecule has 1 fully saturated rings. The average molecular weight is 539 g/mol. The Morgan fingerprint density at radius 2 is 1.77 bits per heavy atom. The Bertz CT molecular complexity index is 1470. The number of carboxylic acid groups (broad SMARTS) is 1. The van der Waals surface area contributed by atoms with E-state index in [-0.39, 0.29) is 18.4 Å². The summed E-state index contributed by atoms with van der Waals surface area (Å²) in [4.78, 5) is 30.9. The molecule has 2 heterocycles. The first-order valence-corrected chi connectivity index (χ1v) is 14.3. The third-order valence-electron chi connectivity index (χ3n) is 8.21. The smallest absolute Gasteiger partial charge is 0.309 e. The maximum absolute atomic E-state index is 14.0. The summed E-state index contributed by atoms with van der Waals surface area (Å²) in [7, 11) is 0. The molecule has 1 saturated heterocycles. The predicted octanol–water partition coefficient (Wildman–Crippen LogP) is 6.98. The number of rotatable bonds is 10. The lowest BCUT2D eigenvalue weighted by molar-refractivity contribution is -0.143. The van der Waals surface area contributed by atoms with Gasteiger partial charge < -0.3 is 14.4 Å². The number of carboxylic acids is 1. The van der Waals surface area contributed by atoms with E-state index >= 15 is 0 Å². The molecule has 40 heavy (non-hydrogen) atoms. The zero-order valence-electron chi connectivity index (χ0n) is 23.5. The van der Waals surface area contributed by atoms with Crippen molar-refractivity contribution in [1.29, 1.82) is 0 Å². The second-order valence-electron chi connectivity index (χ2n) is 10.9. The van der Waals surface area contributed by atoms with Crippen LogP contribution in [-0.4, -0.2) is 41.5 Å². The van der Waals surface area contributed by atoms with Crippen LogP contribution in [0, 0.1) is 12.8 Å². The number of amides is 1. The Kier molecular flexibility index (Phi) is 8.36. The number of hydrogen-bond donors (Lipinski definition) is 1. The van der Waals surface area contributed by atoms with Crippen LogP contribution in [0.25, 0.3) is 11.0 Å². The lowest BCUT2D eigenvalue weighted by Crippen LogP contribution is -2.41. The van der Waals surface area contributed by atoms with E-state index in [1.165, 1.54) is 5.56 Å². The Balaban J connectivity index is 1.52. The summed E-state index contributed by atoms with van der Waals surface area (Å²) in [5, 5.41) is 11.5. The number of anilines is 1. The zero-order chi connectivity index (χ0) is 28.2. The number of likely N-dealkylation sites (tertiary alicyclic amines) is 1. The second kappa shape index (κ2) is 12.1. The summed E-state index contributed by atoms with van der Waals surface area (Å²) in [5.41, 5.74) is 5.84. The third-order valence-corrected chi connectivity index (χ3v) is 8.21. The lowest BCUT2D eigenvalue weighted by atomic mass is 9.82. The fraction of sp³-hybridized carbons (Fsp3) is 0.353. The first kappa shape index (κ1) is 27.7. The number of fused-ring (bicyclic) bond motifs is 1. The van der Waals surface area contributed by atoms with E-state index in [4.69, 9.17) is 4.42 Å². The molecule has 3 aromatic carbocycles. The minimum atomic E-state index is -0.849. The quantitative estimate of drug-likeness (QED) is 0.236. The largest absolute Gasteiger partial charge is 0.481 e. The molecule has 0 bridgehead atoms. The number of furan rings is 1. The first-order valence-electron chi connectivity index (χ1n) is 14.3. The predicted molar refractivity (Wildman–Crippen MR) is 159 cm³/mol. The number of nitrogens with zero attached hydrogens (tertiary/aromatic N) is 2. The summed E-state index contributed by atoms with van der Waals surface area (Å²) < 4.78 is 5.53. The molecule has 0 saturated carbocycles. The molecule has 0 aliphatic carbocycles. The number of unbranched alkanes of at least 4 members (excludes halogenated alkanes) is 1. The van der Waals surface area contributed by atoms with E-state index in [1.807, 2.05) is 72.5 Å². The number of hydrogen-bond acceptors (Lipinski definition) is 4. The summed E-state index contributed by atoms with van der Waals surface area (Å²) in [6, 6.07) is 23.6. The van der Waals surface area contributed by atoms with E-state index < -0.39 is 17.9 Å². The van der Waals surface area contributed by atoms with Crippen molar-refractivity contribution in [1.82, 2.24) is 4.90 Å². The van der Waals surface area contributed by atoms with E-state index in [1.54, 1.807) is 6.26 Å². The minimum absolute atomic E-state index is 0.00990. The summed E-state index contributed by atoms with van der Waals surface area (Å²) in [5.74, 6) is -1.83. The molecule has 4 aromatic rings. The highest BCUT2D eigenvalue weighted by Gasteiger charge is 2.48. The highest BCUT2D eigenvalue weighted by molar-refractivity contribution is 5.95. The van der Waals surface area contributed by atoms with Gasteiger partial charge in [0.15, 0.2) is 0 Å². The topological polar surface area (TPSA) is 74.0 Å². The van der Waals surface area contributed by atoms with E-state index in [0.29, 0.717) is 13.1 Å². The van der Waals surface area contributed by atoms with Crippen LogP contribution < -0.4 is 4.90 Å². The lowest BCUT2D eigenvalue weighted by Gasteiger charge is -2.30. The fourth-order valence-corrected chi connectivity index (χ4v) is 6.06. The number of aliphatic carboxylic acids is 1. The molecule has 5 rings (SSSR count). The van der Waals surface area contributed by atoms with Gasteiger partial charge in [-0.1, -0.05) is 62.7 Å². The van der Waals surface area contributed by atoms with Crippen LogP contribution in [0.15, 0.2) is 83.5 Å². The first-order chi connectivity index (χ1) is 19.4. The molecular weight excluding hydrogens is 500 g/mol. The van der Waals surface area contributed by atoms with Gasteiger partial charge in [0.25, 0.3) is 0 Å². The molecule has 6 heteroatoms. The van der Waals surface area contributed by atoms with Crippen molar-refractivity contribution in [2.75, 3.05) is 24.5 Å². The standard InChI is InChI=1S/C34H38N2O4/c1-4-6-17-36(28-9-7-8-23(3)19-28)31(37)22-35-21-29(26-14-15-30-27(20-26)16-18-40-30)32(34(38)39)33(35)25-12-10-24(5-2)11-13-25/h7-16,18-20,29,32-33H,4-6,17,21-22H2,1-3H3,(H,38,39). The molecule has 208 valence electrons. The third kappa shape index (κ3) is 5.68. The molecule has 0 radical (unpaired) electrons. The zero-order valence-corrected chi connectivity index (χ0v) is 23.5. The van der Waals surface area contributed by atoms with Gasteiger partial charge in [-0.3, -0.25) is 14.5 Å². The van der Waals surface area contributed by atoms with Crippen LogP contribution >= 0.6 is 0 Å². The van der Waals surface area contributed by atoms with Crippen LogP contribution in [0.1, 0.15) is 60.9 Å². The number of aryl methyl sites for hydroxylation is 2. The Morgan fingerprint density at radius 3 is 2.48 bits per heavy atom. The van der Waals surface area contributed by atoms with Gasteiger partial charge in [-0.25, -0.2) is 0 Å². The summed E-state index contributed by atoms with van der Waals surface area (Å²) >= 11 is 0. The molecule has 1 amide bonds. The Hall–Kier alpha value is -3.90.